The van der Waals surface area contributed by atoms with Crippen LogP contribution in [0.1, 0.15) is 11.1 Å². The first-order chi connectivity index (χ1) is 9.17. The van der Waals surface area contributed by atoms with E-state index in [1.54, 1.807) is 12.1 Å². The molecule has 2 aromatic rings. The number of hydrogen-bond donors (Lipinski definition) is 1. The van der Waals surface area contributed by atoms with Crippen LogP contribution in [-0.2, 0) is 12.8 Å². The predicted octanol–water partition coefficient (Wildman–Crippen LogP) is 3.98. The van der Waals surface area contributed by atoms with Gasteiger partial charge >= 0.3 is 0 Å². The summed E-state index contributed by atoms with van der Waals surface area (Å²) in [6.45, 7) is 0.132. The molecule has 1 nitrogen and oxygen atoms in total. The Morgan fingerprint density at radius 3 is 1.84 bits per heavy atom. The Morgan fingerprint density at radius 2 is 1.37 bits per heavy atom. The minimum absolute atomic E-state index is 0.132. The molecule has 1 atom stereocenters. The normalized spacial score (nSPS) is 12.4. The highest BCUT2D eigenvalue weighted by molar-refractivity contribution is 9.10. The average molecular weight is 323 g/mol. The number of aliphatic hydroxyl groups excluding tert-OH is 1. The molecule has 2 rings (SSSR count). The second-order valence-corrected chi connectivity index (χ2v) is 5.63. The number of benzene rings is 2. The van der Waals surface area contributed by atoms with Gasteiger partial charge in [0.2, 0.25) is 0 Å². The largest absolute Gasteiger partial charge is 0.396 e. The average Bonchev–Trinajstić information content (AvgIpc) is 2.43. The molecule has 0 saturated heterocycles. The molecule has 0 bridgehead atoms. The third kappa shape index (κ3) is 4.44. The summed E-state index contributed by atoms with van der Waals surface area (Å²) < 4.78 is 13.9. The summed E-state index contributed by atoms with van der Waals surface area (Å²) in [6, 6.07) is 14.6. The van der Waals surface area contributed by atoms with E-state index in [1.807, 2.05) is 12.1 Å². The second-order valence-electron chi connectivity index (χ2n) is 4.71. The summed E-state index contributed by atoms with van der Waals surface area (Å²) in [7, 11) is 0. The van der Waals surface area contributed by atoms with Crippen LogP contribution in [0.25, 0.3) is 0 Å². The maximum Gasteiger partial charge on any atom is 0.123 e. The molecule has 1 N–H and O–H groups in total. The lowest BCUT2D eigenvalue weighted by atomic mass is 9.93. The van der Waals surface area contributed by atoms with Crippen molar-refractivity contribution in [3.8, 4) is 0 Å². The summed E-state index contributed by atoms with van der Waals surface area (Å²) in [5.74, 6) is -0.0659. The van der Waals surface area contributed by atoms with Crippen LogP contribution in [0.4, 0.5) is 4.39 Å². The quantitative estimate of drug-likeness (QED) is 0.882. The number of aliphatic hydroxyl groups is 1. The molecule has 1 unspecified atom stereocenters. The van der Waals surface area contributed by atoms with E-state index in [2.05, 4.69) is 28.1 Å². The number of hydrogen-bond acceptors (Lipinski definition) is 1. The standard InChI is InChI=1S/C16H16BrFO/c17-15-5-1-12(2-6-15)9-14(11-19)10-13-3-7-16(18)8-4-13/h1-8,14,19H,9-11H2. The molecule has 0 aliphatic rings. The van der Waals surface area contributed by atoms with Crippen molar-refractivity contribution in [2.24, 2.45) is 5.92 Å². The van der Waals surface area contributed by atoms with Gasteiger partial charge in [0.05, 0.1) is 0 Å². The molecule has 0 aromatic heterocycles. The van der Waals surface area contributed by atoms with Gasteiger partial charge in [0.25, 0.3) is 0 Å². The van der Waals surface area contributed by atoms with Crippen molar-refractivity contribution >= 4 is 15.9 Å². The summed E-state index contributed by atoms with van der Waals surface area (Å²) >= 11 is 3.40. The lowest BCUT2D eigenvalue weighted by Crippen LogP contribution is -2.13. The van der Waals surface area contributed by atoms with Gasteiger partial charge in [0.1, 0.15) is 5.82 Å². The smallest absolute Gasteiger partial charge is 0.123 e. The SMILES string of the molecule is OCC(Cc1ccc(F)cc1)Cc1ccc(Br)cc1. The number of halogens is 2. The van der Waals surface area contributed by atoms with Gasteiger partial charge in [-0.25, -0.2) is 4.39 Å². The van der Waals surface area contributed by atoms with Crippen LogP contribution < -0.4 is 0 Å². The third-order valence-corrected chi connectivity index (χ3v) is 3.66. The molecule has 0 aliphatic carbocycles. The molecule has 2 aromatic carbocycles. The van der Waals surface area contributed by atoms with Crippen molar-refractivity contribution in [1.29, 1.82) is 0 Å². The summed E-state index contributed by atoms with van der Waals surface area (Å²) in [4.78, 5) is 0. The predicted molar refractivity (Wildman–Crippen MR) is 78.5 cm³/mol. The van der Waals surface area contributed by atoms with Crippen LogP contribution in [0.2, 0.25) is 0 Å². The maximum absolute atomic E-state index is 12.8. The Kier molecular flexibility index (Phi) is 5.11. The molecule has 0 amide bonds. The first kappa shape index (κ1) is 14.2. The molecule has 0 spiro atoms. The van der Waals surface area contributed by atoms with E-state index < -0.39 is 0 Å². The lowest BCUT2D eigenvalue weighted by Gasteiger charge is -2.14. The third-order valence-electron chi connectivity index (χ3n) is 3.13. The molecule has 0 heterocycles. The number of rotatable bonds is 5. The monoisotopic (exact) mass is 322 g/mol. The van der Waals surface area contributed by atoms with Crippen molar-refractivity contribution in [2.75, 3.05) is 6.61 Å². The fraction of sp³-hybridized carbons (Fsp3) is 0.250. The van der Waals surface area contributed by atoms with Crippen LogP contribution in [0.5, 0.6) is 0 Å². The van der Waals surface area contributed by atoms with Gasteiger partial charge in [-0.05, 0) is 54.2 Å². The minimum Gasteiger partial charge on any atom is -0.396 e. The van der Waals surface area contributed by atoms with Crippen LogP contribution >= 0.6 is 15.9 Å². The highest BCUT2D eigenvalue weighted by Gasteiger charge is 2.10. The molecule has 0 radical (unpaired) electrons. The summed E-state index contributed by atoms with van der Waals surface area (Å²) in [5.41, 5.74) is 2.25. The zero-order valence-corrected chi connectivity index (χ0v) is 12.1. The van der Waals surface area contributed by atoms with E-state index in [9.17, 15) is 9.50 Å². The van der Waals surface area contributed by atoms with Gasteiger partial charge in [0.15, 0.2) is 0 Å². The van der Waals surface area contributed by atoms with E-state index in [4.69, 9.17) is 0 Å². The molecular weight excluding hydrogens is 307 g/mol. The molecule has 19 heavy (non-hydrogen) atoms. The van der Waals surface area contributed by atoms with E-state index in [1.165, 1.54) is 17.7 Å². The van der Waals surface area contributed by atoms with E-state index >= 15 is 0 Å². The lowest BCUT2D eigenvalue weighted by molar-refractivity contribution is 0.225. The first-order valence-electron chi connectivity index (χ1n) is 6.27. The zero-order valence-electron chi connectivity index (χ0n) is 10.5. The summed E-state index contributed by atoms with van der Waals surface area (Å²) in [5, 5.41) is 9.47. The second kappa shape index (κ2) is 6.83. The molecule has 0 fully saturated rings. The zero-order chi connectivity index (χ0) is 13.7. The Hall–Kier alpha value is -1.19. The van der Waals surface area contributed by atoms with E-state index in [0.717, 1.165) is 22.9 Å². The van der Waals surface area contributed by atoms with Gasteiger partial charge in [-0.3, -0.25) is 0 Å². The van der Waals surface area contributed by atoms with Gasteiger partial charge in [0, 0.05) is 11.1 Å². The minimum atomic E-state index is -0.225. The Labute approximate surface area is 121 Å². The Balaban J connectivity index is 2.00. The highest BCUT2D eigenvalue weighted by Crippen LogP contribution is 2.17. The Bertz CT molecular complexity index is 460. The molecular formula is C16H16BrFO. The fourth-order valence-corrected chi connectivity index (χ4v) is 2.37. The first-order valence-corrected chi connectivity index (χ1v) is 7.06. The topological polar surface area (TPSA) is 20.2 Å². The molecule has 0 saturated carbocycles. The van der Waals surface area contributed by atoms with Crippen molar-refractivity contribution in [3.05, 3.63) is 69.9 Å². The van der Waals surface area contributed by atoms with Crippen molar-refractivity contribution in [1.82, 2.24) is 0 Å². The van der Waals surface area contributed by atoms with E-state index in [-0.39, 0.29) is 18.3 Å². The molecule has 3 heteroatoms. The van der Waals surface area contributed by atoms with Gasteiger partial charge in [-0.2, -0.15) is 0 Å². The van der Waals surface area contributed by atoms with Gasteiger partial charge < -0.3 is 5.11 Å². The van der Waals surface area contributed by atoms with E-state index in [0.29, 0.717) is 0 Å². The van der Waals surface area contributed by atoms with Crippen molar-refractivity contribution in [2.45, 2.75) is 12.8 Å². The fourth-order valence-electron chi connectivity index (χ4n) is 2.11. The van der Waals surface area contributed by atoms with Gasteiger partial charge in [-0.1, -0.05) is 40.2 Å². The van der Waals surface area contributed by atoms with Crippen LogP contribution in [0, 0.1) is 11.7 Å². The van der Waals surface area contributed by atoms with Gasteiger partial charge in [-0.15, -0.1) is 0 Å². The van der Waals surface area contributed by atoms with Crippen molar-refractivity contribution < 1.29 is 9.50 Å². The van der Waals surface area contributed by atoms with Crippen LogP contribution in [-0.4, -0.2) is 11.7 Å². The van der Waals surface area contributed by atoms with Crippen LogP contribution in [0.15, 0.2) is 53.0 Å². The van der Waals surface area contributed by atoms with Crippen LogP contribution in [0.3, 0.4) is 0 Å². The molecule has 0 aliphatic heterocycles. The Morgan fingerprint density at radius 1 is 0.895 bits per heavy atom. The maximum atomic E-state index is 12.8. The molecule has 100 valence electrons. The van der Waals surface area contributed by atoms with Crippen molar-refractivity contribution in [3.63, 3.8) is 0 Å². The highest BCUT2D eigenvalue weighted by atomic mass is 79.9. The summed E-state index contributed by atoms with van der Waals surface area (Å²) in [6.07, 6.45) is 1.58.